The summed E-state index contributed by atoms with van der Waals surface area (Å²) in [4.78, 5) is 2.42. The molecular formula is C22H28Cl3FN2O3-2. The van der Waals surface area contributed by atoms with Crippen LogP contribution in [0.25, 0.3) is 0 Å². The lowest BCUT2D eigenvalue weighted by molar-refractivity contribution is -0.00100. The summed E-state index contributed by atoms with van der Waals surface area (Å²) in [5.41, 5.74) is 1.48. The number of nitrogens with zero attached hydrogens (tertiary/aromatic N) is 1. The molecule has 1 heterocycles. The van der Waals surface area contributed by atoms with Crippen molar-refractivity contribution in [3.8, 4) is 11.5 Å². The maximum atomic E-state index is 13.8. The third-order valence-electron chi connectivity index (χ3n) is 4.88. The number of benzene rings is 2. The van der Waals surface area contributed by atoms with Crippen molar-refractivity contribution in [1.29, 1.82) is 0 Å². The predicted octanol–water partition coefficient (Wildman–Crippen LogP) is -2.11. The van der Waals surface area contributed by atoms with E-state index in [2.05, 4.69) is 10.2 Å². The number of morpholine rings is 1. The Hall–Kier alpha value is -1.28. The molecule has 5 nitrogen and oxygen atoms in total. The monoisotopic (exact) mass is 492 g/mol. The van der Waals surface area contributed by atoms with E-state index < -0.39 is 0 Å². The summed E-state index contributed by atoms with van der Waals surface area (Å²) < 4.78 is 30.4. The molecule has 0 unspecified atom stereocenters. The van der Waals surface area contributed by atoms with Crippen molar-refractivity contribution in [2.75, 3.05) is 46.5 Å². The second-order valence-corrected chi connectivity index (χ2v) is 7.38. The number of methoxy groups -OCH3 is 1. The zero-order valence-electron chi connectivity index (χ0n) is 17.5. The van der Waals surface area contributed by atoms with Crippen LogP contribution >= 0.6 is 11.6 Å². The number of ether oxygens (including phenoxy) is 3. The van der Waals surface area contributed by atoms with Gasteiger partial charge in [0.2, 0.25) is 0 Å². The summed E-state index contributed by atoms with van der Waals surface area (Å²) in [6, 6.07) is 10.3. The third-order valence-corrected chi connectivity index (χ3v) is 5.16. The van der Waals surface area contributed by atoms with Gasteiger partial charge in [0.25, 0.3) is 0 Å². The molecule has 0 aromatic heterocycles. The molecule has 174 valence electrons. The average Bonchev–Trinajstić information content (AvgIpc) is 2.74. The van der Waals surface area contributed by atoms with E-state index >= 15 is 0 Å². The summed E-state index contributed by atoms with van der Waals surface area (Å²) in [6.45, 7) is 6.46. The summed E-state index contributed by atoms with van der Waals surface area (Å²) in [6.07, 6.45) is 1.08. The van der Waals surface area contributed by atoms with Crippen LogP contribution in [0, 0.1) is 5.82 Å². The molecule has 1 fully saturated rings. The standard InChI is InChI=1S/C22H28ClFN2O3.2ClH/c1-27-21-14-17(15-25-7-4-8-26-9-11-28-12-10-26)13-19(23)22(21)29-16-18-5-2-3-6-20(18)24;;/h2-3,5-6,13-14,25H,4,7-12,15-16H2,1H3;2*1H/p-2. The molecule has 2 aromatic rings. The topological polar surface area (TPSA) is 43.0 Å². The molecule has 0 atom stereocenters. The average molecular weight is 494 g/mol. The van der Waals surface area contributed by atoms with Gasteiger partial charge in [-0.15, -0.1) is 0 Å². The van der Waals surface area contributed by atoms with Crippen LogP contribution in [0.3, 0.4) is 0 Å². The first-order chi connectivity index (χ1) is 14.2. The van der Waals surface area contributed by atoms with Crippen LogP contribution < -0.4 is 39.6 Å². The SMILES string of the molecule is COc1cc(CNCCCN2CCOCC2)cc(Cl)c1OCc1ccccc1F.[Cl-].[Cl-]. The van der Waals surface area contributed by atoms with Gasteiger partial charge >= 0.3 is 0 Å². The molecule has 3 rings (SSSR count). The molecule has 31 heavy (non-hydrogen) atoms. The van der Waals surface area contributed by atoms with Crippen molar-refractivity contribution >= 4 is 11.6 Å². The van der Waals surface area contributed by atoms with Crippen LogP contribution in [0.15, 0.2) is 36.4 Å². The van der Waals surface area contributed by atoms with Crippen molar-refractivity contribution in [3.63, 3.8) is 0 Å². The zero-order chi connectivity index (χ0) is 20.5. The molecule has 1 saturated heterocycles. The number of nitrogens with one attached hydrogen (secondary N) is 1. The summed E-state index contributed by atoms with van der Waals surface area (Å²) in [5, 5.41) is 3.89. The minimum Gasteiger partial charge on any atom is -1.00 e. The first kappa shape index (κ1) is 27.8. The number of rotatable bonds is 10. The summed E-state index contributed by atoms with van der Waals surface area (Å²) in [7, 11) is 1.57. The molecular weight excluding hydrogens is 466 g/mol. The Morgan fingerprint density at radius 2 is 1.90 bits per heavy atom. The van der Waals surface area contributed by atoms with E-state index in [0.29, 0.717) is 28.6 Å². The van der Waals surface area contributed by atoms with Crippen LogP contribution in [0.1, 0.15) is 17.5 Å². The Morgan fingerprint density at radius 3 is 2.61 bits per heavy atom. The normalized spacial score (nSPS) is 13.8. The van der Waals surface area contributed by atoms with Crippen LogP contribution in [-0.4, -0.2) is 51.4 Å². The molecule has 1 N–H and O–H groups in total. The van der Waals surface area contributed by atoms with Gasteiger partial charge in [0.15, 0.2) is 11.5 Å². The van der Waals surface area contributed by atoms with Gasteiger partial charge in [-0.3, -0.25) is 4.90 Å². The zero-order valence-corrected chi connectivity index (χ0v) is 19.8. The fourth-order valence-electron chi connectivity index (χ4n) is 3.27. The van der Waals surface area contributed by atoms with Gasteiger partial charge in [-0.1, -0.05) is 29.8 Å². The van der Waals surface area contributed by atoms with Gasteiger partial charge in [0.05, 0.1) is 25.3 Å². The molecule has 1 aliphatic rings. The first-order valence-electron chi connectivity index (χ1n) is 9.91. The van der Waals surface area contributed by atoms with Crippen molar-refractivity contribution in [2.45, 2.75) is 19.6 Å². The molecule has 0 spiro atoms. The lowest BCUT2D eigenvalue weighted by Crippen LogP contribution is -3.00. The fourth-order valence-corrected chi connectivity index (χ4v) is 3.55. The molecule has 2 aromatic carbocycles. The van der Waals surface area contributed by atoms with E-state index in [4.69, 9.17) is 25.8 Å². The quantitative estimate of drug-likeness (QED) is 0.384. The second-order valence-electron chi connectivity index (χ2n) is 6.97. The van der Waals surface area contributed by atoms with Crippen LogP contribution in [0.4, 0.5) is 4.39 Å². The lowest BCUT2D eigenvalue weighted by atomic mass is 10.2. The van der Waals surface area contributed by atoms with E-state index in [1.165, 1.54) is 6.07 Å². The maximum Gasteiger partial charge on any atom is 0.180 e. The Balaban J connectivity index is 0.00000240. The van der Waals surface area contributed by atoms with Crippen molar-refractivity contribution in [3.05, 3.63) is 58.4 Å². The molecule has 0 saturated carbocycles. The van der Waals surface area contributed by atoms with E-state index in [-0.39, 0.29) is 37.2 Å². The highest BCUT2D eigenvalue weighted by Gasteiger charge is 2.14. The van der Waals surface area contributed by atoms with E-state index in [0.717, 1.165) is 51.4 Å². The number of halogens is 4. The minimum atomic E-state index is -0.305. The molecule has 0 bridgehead atoms. The van der Waals surface area contributed by atoms with Gasteiger partial charge in [-0.05, 0) is 43.3 Å². The van der Waals surface area contributed by atoms with Crippen LogP contribution in [0.5, 0.6) is 11.5 Å². The van der Waals surface area contributed by atoms with Gasteiger partial charge < -0.3 is 44.3 Å². The lowest BCUT2D eigenvalue weighted by Gasteiger charge is -2.26. The van der Waals surface area contributed by atoms with Crippen molar-refractivity contribution in [1.82, 2.24) is 10.2 Å². The highest BCUT2D eigenvalue weighted by molar-refractivity contribution is 6.32. The van der Waals surface area contributed by atoms with Gasteiger partial charge in [0.1, 0.15) is 12.4 Å². The van der Waals surface area contributed by atoms with Gasteiger partial charge in [-0.2, -0.15) is 0 Å². The second kappa shape index (κ2) is 14.7. The van der Waals surface area contributed by atoms with Crippen molar-refractivity contribution < 1.29 is 43.4 Å². The Bertz CT molecular complexity index is 793. The summed E-state index contributed by atoms with van der Waals surface area (Å²) >= 11 is 6.42. The van der Waals surface area contributed by atoms with E-state index in [1.807, 2.05) is 12.1 Å². The Kier molecular flexibility index (Phi) is 13.2. The Morgan fingerprint density at radius 1 is 1.16 bits per heavy atom. The van der Waals surface area contributed by atoms with E-state index in [1.54, 1.807) is 25.3 Å². The molecule has 1 aliphatic heterocycles. The van der Waals surface area contributed by atoms with Crippen molar-refractivity contribution in [2.24, 2.45) is 0 Å². The van der Waals surface area contributed by atoms with Gasteiger partial charge in [0, 0.05) is 25.2 Å². The molecule has 9 heteroatoms. The molecule has 0 aliphatic carbocycles. The smallest absolute Gasteiger partial charge is 0.180 e. The highest BCUT2D eigenvalue weighted by atomic mass is 35.5. The van der Waals surface area contributed by atoms with E-state index in [9.17, 15) is 4.39 Å². The molecule has 0 radical (unpaired) electrons. The van der Waals surface area contributed by atoms with Crippen LogP contribution in [-0.2, 0) is 17.9 Å². The van der Waals surface area contributed by atoms with Crippen LogP contribution in [0.2, 0.25) is 5.02 Å². The van der Waals surface area contributed by atoms with Gasteiger partial charge in [-0.25, -0.2) is 4.39 Å². The number of hydrogen-bond acceptors (Lipinski definition) is 5. The largest absolute Gasteiger partial charge is 1.00 e. The fraction of sp³-hybridized carbons (Fsp3) is 0.455. The Labute approximate surface area is 201 Å². The predicted molar refractivity (Wildman–Crippen MR) is 112 cm³/mol. The summed E-state index contributed by atoms with van der Waals surface area (Å²) in [5.74, 6) is 0.660. The third kappa shape index (κ3) is 8.64. The maximum absolute atomic E-state index is 13.8. The number of hydrogen-bond donors (Lipinski definition) is 1. The first-order valence-corrected chi connectivity index (χ1v) is 10.3. The highest BCUT2D eigenvalue weighted by Crippen LogP contribution is 2.37. The molecule has 0 amide bonds. The minimum absolute atomic E-state index is 0.